The van der Waals surface area contributed by atoms with Crippen molar-refractivity contribution < 1.29 is 19.1 Å². The maximum absolute atomic E-state index is 12.9. The Morgan fingerprint density at radius 1 is 1.14 bits per heavy atom. The summed E-state index contributed by atoms with van der Waals surface area (Å²) in [5.74, 6) is 1.80. The van der Waals surface area contributed by atoms with E-state index < -0.39 is 0 Å². The van der Waals surface area contributed by atoms with Crippen LogP contribution in [-0.4, -0.2) is 61.6 Å². The molecule has 0 radical (unpaired) electrons. The zero-order valence-electron chi connectivity index (χ0n) is 15.7. The summed E-state index contributed by atoms with van der Waals surface area (Å²) in [5, 5.41) is 2.85. The number of aliphatic imine (C=N–C) groups is 1. The van der Waals surface area contributed by atoms with Gasteiger partial charge in [0.05, 0.1) is 18.8 Å². The van der Waals surface area contributed by atoms with Crippen LogP contribution in [0.2, 0.25) is 0 Å². The van der Waals surface area contributed by atoms with Crippen molar-refractivity contribution in [2.24, 2.45) is 4.99 Å². The van der Waals surface area contributed by atoms with Crippen LogP contribution in [0.1, 0.15) is 5.56 Å². The van der Waals surface area contributed by atoms with E-state index in [1.54, 1.807) is 4.90 Å². The number of anilines is 1. The second kappa shape index (κ2) is 7.12. The number of carbonyl (C=O) groups is 2. The Bertz CT molecular complexity index is 1010. The Labute approximate surface area is 167 Å². The van der Waals surface area contributed by atoms with Crippen molar-refractivity contribution in [3.05, 3.63) is 54.1 Å². The average Bonchev–Trinajstić information content (AvgIpc) is 3.25. The first-order valence-corrected chi connectivity index (χ1v) is 9.59. The summed E-state index contributed by atoms with van der Waals surface area (Å²) in [6.07, 6.45) is -0.282. The van der Waals surface area contributed by atoms with Gasteiger partial charge in [-0.25, -0.2) is 4.79 Å². The van der Waals surface area contributed by atoms with Crippen LogP contribution in [0.4, 0.5) is 10.5 Å². The van der Waals surface area contributed by atoms with Gasteiger partial charge < -0.3 is 14.8 Å². The summed E-state index contributed by atoms with van der Waals surface area (Å²) >= 11 is 0. The Morgan fingerprint density at radius 2 is 1.93 bits per heavy atom. The van der Waals surface area contributed by atoms with Crippen LogP contribution in [0, 0.1) is 0 Å². The van der Waals surface area contributed by atoms with Gasteiger partial charge in [0, 0.05) is 12.1 Å². The normalized spacial score (nSPS) is 19.4. The molecule has 0 aromatic heterocycles. The van der Waals surface area contributed by atoms with Crippen LogP contribution in [0.3, 0.4) is 0 Å². The van der Waals surface area contributed by atoms with Gasteiger partial charge in [0.25, 0.3) is 0 Å². The first-order chi connectivity index (χ1) is 14.2. The lowest BCUT2D eigenvalue weighted by Crippen LogP contribution is -2.53. The maximum atomic E-state index is 12.9. The van der Waals surface area contributed by atoms with Crippen LogP contribution in [0.25, 0.3) is 0 Å². The predicted octanol–water partition coefficient (Wildman–Crippen LogP) is 1.64. The van der Waals surface area contributed by atoms with E-state index in [1.807, 2.05) is 48.5 Å². The summed E-state index contributed by atoms with van der Waals surface area (Å²) < 4.78 is 11.5. The fourth-order valence-corrected chi connectivity index (χ4v) is 3.75. The molecule has 0 aliphatic carbocycles. The van der Waals surface area contributed by atoms with Crippen molar-refractivity contribution in [2.75, 3.05) is 37.7 Å². The second-order valence-corrected chi connectivity index (χ2v) is 7.04. The second-order valence-electron chi connectivity index (χ2n) is 7.04. The summed E-state index contributed by atoms with van der Waals surface area (Å²) in [6.45, 7) is 1.71. The molecule has 8 heteroatoms. The molecule has 1 atom stereocenters. The van der Waals surface area contributed by atoms with E-state index in [0.717, 1.165) is 5.56 Å². The number of benzene rings is 2. The molecule has 1 unspecified atom stereocenters. The minimum atomic E-state index is -0.282. The van der Waals surface area contributed by atoms with Gasteiger partial charge >= 0.3 is 6.03 Å². The molecule has 3 amide bonds. The third-order valence-electron chi connectivity index (χ3n) is 5.13. The molecule has 29 heavy (non-hydrogen) atoms. The predicted molar refractivity (Wildman–Crippen MR) is 107 cm³/mol. The minimum Gasteiger partial charge on any atom is -0.486 e. The summed E-state index contributed by atoms with van der Waals surface area (Å²) in [4.78, 5) is 33.1. The van der Waals surface area contributed by atoms with Crippen molar-refractivity contribution in [3.63, 3.8) is 0 Å². The van der Waals surface area contributed by atoms with Gasteiger partial charge in [-0.1, -0.05) is 24.3 Å². The monoisotopic (exact) mass is 392 g/mol. The molecule has 0 saturated heterocycles. The Morgan fingerprint density at radius 3 is 2.83 bits per heavy atom. The van der Waals surface area contributed by atoms with E-state index in [-0.39, 0.29) is 24.6 Å². The van der Waals surface area contributed by atoms with Gasteiger partial charge in [-0.15, -0.1) is 0 Å². The van der Waals surface area contributed by atoms with Gasteiger partial charge in [0.15, 0.2) is 11.5 Å². The number of hydrogen-bond acceptors (Lipinski definition) is 5. The average molecular weight is 392 g/mol. The number of urea groups is 1. The number of nitrogens with zero attached hydrogens (tertiary/aromatic N) is 3. The standard InChI is InChI=1S/C21H20N4O4/c26-19(23-11-14-13-28-17-7-3-4-8-18(17)29-14)12-25-16-6-2-1-5-15(16)20-22-9-10-24(20)21(25)27/h1-8,14H,9-13H2,(H,23,26). The first-order valence-electron chi connectivity index (χ1n) is 9.59. The summed E-state index contributed by atoms with van der Waals surface area (Å²) in [7, 11) is 0. The van der Waals surface area contributed by atoms with Crippen LogP contribution >= 0.6 is 0 Å². The molecule has 3 heterocycles. The molecule has 5 rings (SSSR count). The molecule has 0 spiro atoms. The fourth-order valence-electron chi connectivity index (χ4n) is 3.75. The lowest BCUT2D eigenvalue weighted by Gasteiger charge is -2.35. The van der Waals surface area contributed by atoms with Crippen molar-refractivity contribution in [2.45, 2.75) is 6.10 Å². The van der Waals surface area contributed by atoms with Gasteiger partial charge in [-0.05, 0) is 24.3 Å². The van der Waals surface area contributed by atoms with E-state index in [0.29, 0.717) is 49.3 Å². The quantitative estimate of drug-likeness (QED) is 0.858. The molecule has 3 aliphatic rings. The molecular weight excluding hydrogens is 372 g/mol. The molecule has 148 valence electrons. The fraction of sp³-hybridized carbons (Fsp3) is 0.286. The molecule has 2 aromatic rings. The molecule has 0 fully saturated rings. The molecule has 8 nitrogen and oxygen atoms in total. The highest BCUT2D eigenvalue weighted by atomic mass is 16.6. The molecule has 0 saturated carbocycles. The molecule has 0 bridgehead atoms. The van der Waals surface area contributed by atoms with Crippen molar-refractivity contribution in [1.29, 1.82) is 0 Å². The van der Waals surface area contributed by atoms with E-state index >= 15 is 0 Å². The molecule has 1 N–H and O–H groups in total. The maximum Gasteiger partial charge on any atom is 0.330 e. The number of fused-ring (bicyclic) bond motifs is 4. The SMILES string of the molecule is O=C(CN1C(=O)N2CCN=C2c2ccccc21)NCC1COc2ccccc2O1. The molecule has 2 aromatic carbocycles. The molecular formula is C21H20N4O4. The third-order valence-corrected chi connectivity index (χ3v) is 5.13. The first kappa shape index (κ1) is 17.5. The van der Waals surface area contributed by atoms with E-state index in [1.165, 1.54) is 4.90 Å². The van der Waals surface area contributed by atoms with Crippen LogP contribution in [-0.2, 0) is 4.79 Å². The highest BCUT2D eigenvalue weighted by Gasteiger charge is 2.37. The van der Waals surface area contributed by atoms with Gasteiger partial charge in [0.2, 0.25) is 5.91 Å². The zero-order chi connectivity index (χ0) is 19.8. The Hall–Kier alpha value is -3.55. The summed E-state index contributed by atoms with van der Waals surface area (Å²) in [6, 6.07) is 14.7. The van der Waals surface area contributed by atoms with E-state index in [9.17, 15) is 9.59 Å². The largest absolute Gasteiger partial charge is 0.486 e. The van der Waals surface area contributed by atoms with Crippen molar-refractivity contribution in [3.8, 4) is 11.5 Å². The van der Waals surface area contributed by atoms with Crippen LogP contribution in [0.15, 0.2) is 53.5 Å². The summed E-state index contributed by atoms with van der Waals surface area (Å²) in [5.41, 5.74) is 1.58. The van der Waals surface area contributed by atoms with Crippen molar-refractivity contribution in [1.82, 2.24) is 10.2 Å². The number of amidine groups is 1. The van der Waals surface area contributed by atoms with Crippen LogP contribution < -0.4 is 19.7 Å². The van der Waals surface area contributed by atoms with Gasteiger partial charge in [-0.2, -0.15) is 0 Å². The van der Waals surface area contributed by atoms with Gasteiger partial charge in [0.1, 0.15) is 25.1 Å². The number of carbonyl (C=O) groups excluding carboxylic acids is 2. The highest BCUT2D eigenvalue weighted by molar-refractivity contribution is 6.20. The Balaban J connectivity index is 1.25. The third kappa shape index (κ3) is 3.16. The zero-order valence-corrected chi connectivity index (χ0v) is 15.7. The number of nitrogens with one attached hydrogen (secondary N) is 1. The number of amides is 3. The van der Waals surface area contributed by atoms with E-state index in [2.05, 4.69) is 10.3 Å². The smallest absolute Gasteiger partial charge is 0.330 e. The highest BCUT2D eigenvalue weighted by Crippen LogP contribution is 2.31. The lowest BCUT2D eigenvalue weighted by atomic mass is 10.1. The topological polar surface area (TPSA) is 83.5 Å². The number of hydrogen-bond donors (Lipinski definition) is 1. The van der Waals surface area contributed by atoms with Gasteiger partial charge in [-0.3, -0.25) is 19.6 Å². The van der Waals surface area contributed by atoms with Crippen molar-refractivity contribution >= 4 is 23.5 Å². The minimum absolute atomic E-state index is 0.0657. The lowest BCUT2D eigenvalue weighted by molar-refractivity contribution is -0.120. The molecule has 3 aliphatic heterocycles. The number of para-hydroxylation sites is 3. The number of ether oxygens (including phenoxy) is 2. The van der Waals surface area contributed by atoms with E-state index in [4.69, 9.17) is 9.47 Å². The van der Waals surface area contributed by atoms with Crippen LogP contribution in [0.5, 0.6) is 11.5 Å². The number of rotatable bonds is 4. The Kier molecular flexibility index (Phi) is 4.31.